The van der Waals surface area contributed by atoms with Gasteiger partial charge in [0, 0.05) is 25.7 Å². The van der Waals surface area contributed by atoms with Crippen LogP contribution in [0, 0.1) is 0 Å². The lowest BCUT2D eigenvalue weighted by Crippen LogP contribution is -2.55. The van der Waals surface area contributed by atoms with Crippen LogP contribution in [0.4, 0.5) is 6.01 Å². The van der Waals surface area contributed by atoms with Crippen molar-refractivity contribution in [2.75, 3.05) is 31.1 Å². The first kappa shape index (κ1) is 11.3. The van der Waals surface area contributed by atoms with Crippen LogP contribution in [0.2, 0.25) is 0 Å². The predicted molar refractivity (Wildman–Crippen MR) is 75.4 cm³/mol. The van der Waals surface area contributed by atoms with Crippen LogP contribution in [0.25, 0.3) is 11.1 Å². The molecule has 0 amide bonds. The van der Waals surface area contributed by atoms with Gasteiger partial charge >= 0.3 is 0 Å². The van der Waals surface area contributed by atoms with Crippen LogP contribution in [0.1, 0.15) is 19.3 Å². The lowest BCUT2D eigenvalue weighted by atomic mass is 10.00. The number of hydrogen-bond donors (Lipinski definition) is 0. The Morgan fingerprint density at radius 2 is 2.05 bits per heavy atom. The zero-order chi connectivity index (χ0) is 12.7. The second kappa shape index (κ2) is 4.53. The summed E-state index contributed by atoms with van der Waals surface area (Å²) in [6.07, 6.45) is 4.04. The van der Waals surface area contributed by atoms with E-state index in [4.69, 9.17) is 4.42 Å². The van der Waals surface area contributed by atoms with Crippen molar-refractivity contribution in [1.82, 2.24) is 9.88 Å². The van der Waals surface area contributed by atoms with Crippen LogP contribution in [-0.2, 0) is 0 Å². The first-order valence-electron chi connectivity index (χ1n) is 7.25. The maximum absolute atomic E-state index is 5.88. The number of rotatable bonds is 1. The molecule has 19 heavy (non-hydrogen) atoms. The van der Waals surface area contributed by atoms with Crippen molar-refractivity contribution >= 4 is 17.1 Å². The Bertz CT molecular complexity index is 547. The second-order valence-electron chi connectivity index (χ2n) is 5.60. The summed E-state index contributed by atoms with van der Waals surface area (Å²) in [5.74, 6) is 0. The minimum atomic E-state index is 0.692. The molecule has 2 aliphatic rings. The van der Waals surface area contributed by atoms with Crippen LogP contribution in [0.15, 0.2) is 28.7 Å². The molecule has 4 nitrogen and oxygen atoms in total. The van der Waals surface area contributed by atoms with Gasteiger partial charge < -0.3 is 9.32 Å². The van der Waals surface area contributed by atoms with E-state index >= 15 is 0 Å². The van der Waals surface area contributed by atoms with Gasteiger partial charge in [-0.15, -0.1) is 0 Å². The molecule has 0 bridgehead atoms. The molecule has 100 valence electrons. The van der Waals surface area contributed by atoms with E-state index in [2.05, 4.69) is 14.8 Å². The molecule has 1 atom stereocenters. The van der Waals surface area contributed by atoms with Gasteiger partial charge in [0.2, 0.25) is 0 Å². The maximum Gasteiger partial charge on any atom is 0.298 e. The summed E-state index contributed by atoms with van der Waals surface area (Å²) in [4.78, 5) is 9.55. The minimum absolute atomic E-state index is 0.692. The van der Waals surface area contributed by atoms with Crippen molar-refractivity contribution in [3.05, 3.63) is 24.3 Å². The highest BCUT2D eigenvalue weighted by Gasteiger charge is 2.30. The number of fused-ring (bicyclic) bond motifs is 2. The van der Waals surface area contributed by atoms with Crippen LogP contribution >= 0.6 is 0 Å². The largest absolute Gasteiger partial charge is 0.423 e. The maximum atomic E-state index is 5.88. The van der Waals surface area contributed by atoms with Gasteiger partial charge in [-0.2, -0.15) is 4.98 Å². The number of piperazine rings is 1. The molecule has 2 saturated heterocycles. The molecule has 2 aromatic rings. The van der Waals surface area contributed by atoms with E-state index in [1.54, 1.807) is 0 Å². The number of aromatic nitrogens is 1. The third kappa shape index (κ3) is 2.00. The molecule has 2 aliphatic heterocycles. The van der Waals surface area contributed by atoms with E-state index in [1.165, 1.54) is 25.8 Å². The number of para-hydroxylation sites is 2. The van der Waals surface area contributed by atoms with Crippen molar-refractivity contribution in [1.29, 1.82) is 0 Å². The fourth-order valence-electron chi connectivity index (χ4n) is 3.33. The predicted octanol–water partition coefficient (Wildman–Crippen LogP) is 2.50. The highest BCUT2D eigenvalue weighted by molar-refractivity contribution is 5.74. The van der Waals surface area contributed by atoms with Gasteiger partial charge in [0.15, 0.2) is 5.58 Å². The van der Waals surface area contributed by atoms with Gasteiger partial charge in [0.05, 0.1) is 0 Å². The molecule has 4 heteroatoms. The zero-order valence-electron chi connectivity index (χ0n) is 11.1. The van der Waals surface area contributed by atoms with Crippen molar-refractivity contribution in [2.45, 2.75) is 25.3 Å². The lowest BCUT2D eigenvalue weighted by Gasteiger charge is -2.43. The molecule has 1 unspecified atom stereocenters. The van der Waals surface area contributed by atoms with Crippen molar-refractivity contribution < 1.29 is 4.42 Å². The summed E-state index contributed by atoms with van der Waals surface area (Å²) in [6.45, 7) is 4.51. The summed E-state index contributed by atoms with van der Waals surface area (Å²) >= 11 is 0. The monoisotopic (exact) mass is 257 g/mol. The average Bonchev–Trinajstić information content (AvgIpc) is 2.90. The van der Waals surface area contributed by atoms with Gasteiger partial charge in [-0.25, -0.2) is 0 Å². The fourth-order valence-corrected chi connectivity index (χ4v) is 3.33. The van der Waals surface area contributed by atoms with Gasteiger partial charge in [-0.1, -0.05) is 18.6 Å². The van der Waals surface area contributed by atoms with Gasteiger partial charge in [0.1, 0.15) is 5.52 Å². The molecular formula is C15H19N3O. The molecule has 1 aromatic carbocycles. The third-order valence-electron chi connectivity index (χ3n) is 4.39. The zero-order valence-corrected chi connectivity index (χ0v) is 11.1. The van der Waals surface area contributed by atoms with E-state index in [-0.39, 0.29) is 0 Å². The van der Waals surface area contributed by atoms with E-state index < -0.39 is 0 Å². The summed E-state index contributed by atoms with van der Waals surface area (Å²) in [7, 11) is 0. The standard InChI is InChI=1S/C15H19N3O/c1-2-7-14-13(6-1)16-15(19-14)18-10-9-17-8-4-3-5-12(17)11-18/h1-2,6-7,12H,3-5,8-11H2. The molecule has 1 aromatic heterocycles. The van der Waals surface area contributed by atoms with Crippen LogP contribution in [0.3, 0.4) is 0 Å². The molecular weight excluding hydrogens is 238 g/mol. The Balaban J connectivity index is 1.58. The van der Waals surface area contributed by atoms with Gasteiger partial charge in [0.25, 0.3) is 6.01 Å². The smallest absolute Gasteiger partial charge is 0.298 e. The van der Waals surface area contributed by atoms with Gasteiger partial charge in [-0.3, -0.25) is 4.90 Å². The van der Waals surface area contributed by atoms with E-state index in [1.807, 2.05) is 24.3 Å². The summed E-state index contributed by atoms with van der Waals surface area (Å²) in [6, 6.07) is 9.50. The number of hydrogen-bond acceptors (Lipinski definition) is 4. The van der Waals surface area contributed by atoms with Crippen LogP contribution < -0.4 is 4.90 Å². The Morgan fingerprint density at radius 3 is 3.00 bits per heavy atom. The van der Waals surface area contributed by atoms with E-state index in [0.29, 0.717) is 6.04 Å². The number of nitrogens with zero attached hydrogens (tertiary/aromatic N) is 3. The molecule has 0 radical (unpaired) electrons. The number of benzene rings is 1. The fraction of sp³-hybridized carbons (Fsp3) is 0.533. The number of oxazole rings is 1. The van der Waals surface area contributed by atoms with Crippen molar-refractivity contribution in [3.8, 4) is 0 Å². The summed E-state index contributed by atoms with van der Waals surface area (Å²) in [5, 5.41) is 0. The number of anilines is 1. The molecule has 2 fully saturated rings. The highest BCUT2D eigenvalue weighted by atomic mass is 16.4. The molecule has 0 aliphatic carbocycles. The minimum Gasteiger partial charge on any atom is -0.423 e. The molecule has 4 rings (SSSR count). The first-order valence-corrected chi connectivity index (χ1v) is 7.25. The summed E-state index contributed by atoms with van der Waals surface area (Å²) < 4.78 is 5.88. The Hall–Kier alpha value is -1.55. The Kier molecular flexibility index (Phi) is 2.69. The van der Waals surface area contributed by atoms with Gasteiger partial charge in [-0.05, 0) is 31.5 Å². The summed E-state index contributed by atoms with van der Waals surface area (Å²) in [5.41, 5.74) is 1.85. The quantitative estimate of drug-likeness (QED) is 0.786. The van der Waals surface area contributed by atoms with Crippen LogP contribution in [-0.4, -0.2) is 42.1 Å². The SMILES string of the molecule is c1ccc2oc(N3CCN4CCCCC4C3)nc2c1. The second-order valence-corrected chi connectivity index (χ2v) is 5.60. The Labute approximate surface area is 113 Å². The normalized spacial score (nSPS) is 24.6. The molecule has 0 spiro atoms. The van der Waals surface area contributed by atoms with Crippen LogP contribution in [0.5, 0.6) is 0 Å². The average molecular weight is 257 g/mol. The van der Waals surface area contributed by atoms with E-state index in [9.17, 15) is 0 Å². The van der Waals surface area contributed by atoms with Crippen molar-refractivity contribution in [3.63, 3.8) is 0 Å². The number of piperidine rings is 1. The highest BCUT2D eigenvalue weighted by Crippen LogP contribution is 2.26. The van der Waals surface area contributed by atoms with Crippen molar-refractivity contribution in [2.24, 2.45) is 0 Å². The first-order chi connectivity index (χ1) is 9.40. The third-order valence-corrected chi connectivity index (χ3v) is 4.39. The molecule has 0 N–H and O–H groups in total. The Morgan fingerprint density at radius 1 is 1.11 bits per heavy atom. The molecule has 3 heterocycles. The van der Waals surface area contributed by atoms with E-state index in [0.717, 1.165) is 36.7 Å². The lowest BCUT2D eigenvalue weighted by molar-refractivity contribution is 0.131. The molecule has 0 saturated carbocycles. The topological polar surface area (TPSA) is 32.5 Å².